The Hall–Kier alpha value is -2.24. The molecule has 0 bridgehead atoms. The lowest BCUT2D eigenvalue weighted by atomic mass is 9.89. The van der Waals surface area contributed by atoms with Gasteiger partial charge in [-0.15, -0.1) is 0 Å². The van der Waals surface area contributed by atoms with E-state index in [0.717, 1.165) is 51.0 Å². The molecule has 0 radical (unpaired) electrons. The molecule has 2 aliphatic heterocycles. The van der Waals surface area contributed by atoms with Crippen LogP contribution in [-0.2, 0) is 24.2 Å². The number of aromatic nitrogens is 1. The van der Waals surface area contributed by atoms with Gasteiger partial charge in [-0.05, 0) is 74.4 Å². The van der Waals surface area contributed by atoms with Crippen molar-refractivity contribution in [2.24, 2.45) is 0 Å². The van der Waals surface area contributed by atoms with Gasteiger partial charge >= 0.3 is 0 Å². The van der Waals surface area contributed by atoms with Gasteiger partial charge in [0.2, 0.25) is 5.91 Å². The zero-order valence-corrected chi connectivity index (χ0v) is 17.9. The summed E-state index contributed by atoms with van der Waals surface area (Å²) in [5, 5.41) is 3.75. The summed E-state index contributed by atoms with van der Waals surface area (Å²) in [5.41, 5.74) is 6.54. The van der Waals surface area contributed by atoms with Crippen molar-refractivity contribution in [3.05, 3.63) is 58.9 Å². The van der Waals surface area contributed by atoms with E-state index >= 15 is 0 Å². The fourth-order valence-electron chi connectivity index (χ4n) is 5.53. The zero-order valence-electron chi connectivity index (χ0n) is 17.9. The number of amides is 1. The number of hydrogen-bond acceptors (Lipinski definition) is 4. The summed E-state index contributed by atoms with van der Waals surface area (Å²) in [4.78, 5) is 21.8. The first kappa shape index (κ1) is 19.7. The van der Waals surface area contributed by atoms with Gasteiger partial charge in [-0.25, -0.2) is 0 Å². The lowest BCUT2D eigenvalue weighted by Crippen LogP contribution is -2.46. The zero-order chi connectivity index (χ0) is 20.5. The standard InChI is InChI=1S/C25H32N4O/c1-28(23-11-4-7-18-9-6-13-26-25(18)23)17-20-15-21-19(16-27-20)8-5-10-22(21)29-14-3-2-12-24(29)30/h5-6,8-10,13,20,23,27H,2-4,7,11-12,14-17H2,1H3/t20-,23-/m0/s1. The number of fused-ring (bicyclic) bond motifs is 2. The number of rotatable bonds is 4. The summed E-state index contributed by atoms with van der Waals surface area (Å²) in [6, 6.07) is 11.5. The molecule has 1 aliphatic carbocycles. The van der Waals surface area contributed by atoms with Gasteiger partial charge in [0, 0.05) is 44.0 Å². The summed E-state index contributed by atoms with van der Waals surface area (Å²) >= 11 is 0. The maximum atomic E-state index is 12.6. The lowest BCUT2D eigenvalue weighted by Gasteiger charge is -2.37. The van der Waals surface area contributed by atoms with Crippen LogP contribution in [0.4, 0.5) is 5.69 Å². The van der Waals surface area contributed by atoms with E-state index in [-0.39, 0.29) is 5.91 Å². The topological polar surface area (TPSA) is 48.5 Å². The Balaban J connectivity index is 1.33. The monoisotopic (exact) mass is 404 g/mol. The maximum absolute atomic E-state index is 12.6. The summed E-state index contributed by atoms with van der Waals surface area (Å²) < 4.78 is 0. The molecule has 3 aliphatic rings. The Bertz CT molecular complexity index is 927. The molecule has 5 heteroatoms. The van der Waals surface area contributed by atoms with Crippen molar-refractivity contribution in [1.82, 2.24) is 15.2 Å². The molecule has 5 nitrogen and oxygen atoms in total. The molecule has 1 fully saturated rings. The van der Waals surface area contributed by atoms with Gasteiger partial charge in [-0.3, -0.25) is 14.7 Å². The molecule has 1 aromatic carbocycles. The number of anilines is 1. The smallest absolute Gasteiger partial charge is 0.226 e. The third kappa shape index (κ3) is 3.77. The van der Waals surface area contributed by atoms with E-state index in [9.17, 15) is 4.79 Å². The number of nitrogens with one attached hydrogen (secondary N) is 1. The van der Waals surface area contributed by atoms with Crippen molar-refractivity contribution in [3.8, 4) is 0 Å². The minimum atomic E-state index is 0.284. The molecule has 30 heavy (non-hydrogen) atoms. The highest BCUT2D eigenvalue weighted by atomic mass is 16.2. The van der Waals surface area contributed by atoms with E-state index in [1.54, 1.807) is 0 Å². The third-order valence-electron chi connectivity index (χ3n) is 7.10. The molecule has 1 saturated heterocycles. The third-order valence-corrected chi connectivity index (χ3v) is 7.10. The van der Waals surface area contributed by atoms with Gasteiger partial charge in [0.15, 0.2) is 0 Å². The number of likely N-dealkylation sites (N-methyl/N-ethyl adjacent to an activating group) is 1. The van der Waals surface area contributed by atoms with Crippen LogP contribution >= 0.6 is 0 Å². The first-order chi connectivity index (χ1) is 14.7. The molecule has 5 rings (SSSR count). The Labute approximate surface area is 179 Å². The number of carbonyl (C=O) groups excluding carboxylic acids is 1. The molecule has 0 spiro atoms. The van der Waals surface area contributed by atoms with Gasteiger partial charge in [-0.1, -0.05) is 18.2 Å². The van der Waals surface area contributed by atoms with Crippen LogP contribution in [0.2, 0.25) is 0 Å². The number of hydrogen-bond donors (Lipinski definition) is 1. The fraction of sp³-hybridized carbons (Fsp3) is 0.520. The lowest BCUT2D eigenvalue weighted by molar-refractivity contribution is -0.119. The van der Waals surface area contributed by atoms with Gasteiger partial charge < -0.3 is 10.2 Å². The first-order valence-electron chi connectivity index (χ1n) is 11.5. The number of pyridine rings is 1. The van der Waals surface area contributed by atoms with Gasteiger partial charge in [0.1, 0.15) is 0 Å². The predicted molar refractivity (Wildman–Crippen MR) is 120 cm³/mol. The maximum Gasteiger partial charge on any atom is 0.226 e. The Kier molecular flexibility index (Phi) is 5.57. The van der Waals surface area contributed by atoms with Crippen LogP contribution in [0.5, 0.6) is 0 Å². The van der Waals surface area contributed by atoms with Crippen LogP contribution in [0, 0.1) is 0 Å². The SMILES string of the molecule is CN(C[C@@H]1Cc2c(cccc2N2CCCCC2=O)CN1)[C@H]1CCCc2cccnc21. The van der Waals surface area contributed by atoms with Crippen molar-refractivity contribution >= 4 is 11.6 Å². The quantitative estimate of drug-likeness (QED) is 0.846. The number of nitrogens with zero attached hydrogens (tertiary/aromatic N) is 3. The Morgan fingerprint density at radius 3 is 2.93 bits per heavy atom. The molecule has 0 unspecified atom stereocenters. The van der Waals surface area contributed by atoms with Gasteiger partial charge in [0.25, 0.3) is 0 Å². The van der Waals surface area contributed by atoms with Crippen LogP contribution in [-0.4, -0.2) is 42.0 Å². The number of aryl methyl sites for hydroxylation is 1. The molecular weight excluding hydrogens is 372 g/mol. The second kappa shape index (κ2) is 8.48. The molecule has 1 N–H and O–H groups in total. The molecule has 2 atom stereocenters. The highest BCUT2D eigenvalue weighted by Crippen LogP contribution is 2.34. The molecule has 1 aromatic heterocycles. The molecule has 2 aromatic rings. The van der Waals surface area contributed by atoms with Crippen LogP contribution < -0.4 is 10.2 Å². The summed E-state index contributed by atoms with van der Waals surface area (Å²) in [7, 11) is 2.24. The molecule has 158 valence electrons. The minimum absolute atomic E-state index is 0.284. The largest absolute Gasteiger partial charge is 0.312 e. The van der Waals surface area contributed by atoms with E-state index in [1.165, 1.54) is 35.2 Å². The average Bonchev–Trinajstić information content (AvgIpc) is 2.79. The Morgan fingerprint density at radius 2 is 2.03 bits per heavy atom. The van der Waals surface area contributed by atoms with Crippen molar-refractivity contribution in [2.45, 2.75) is 63.6 Å². The summed E-state index contributed by atoms with van der Waals surface area (Å²) in [5.74, 6) is 0.284. The van der Waals surface area contributed by atoms with Crippen LogP contribution in [0.1, 0.15) is 60.5 Å². The van der Waals surface area contributed by atoms with Crippen LogP contribution in [0.25, 0.3) is 0 Å². The highest BCUT2D eigenvalue weighted by molar-refractivity contribution is 5.95. The second-order valence-electron chi connectivity index (χ2n) is 9.09. The van der Waals surface area contributed by atoms with Gasteiger partial charge in [-0.2, -0.15) is 0 Å². The molecule has 3 heterocycles. The molecule has 0 saturated carbocycles. The van der Waals surface area contributed by atoms with Crippen LogP contribution in [0.15, 0.2) is 36.5 Å². The van der Waals surface area contributed by atoms with Crippen molar-refractivity contribution in [2.75, 3.05) is 25.0 Å². The predicted octanol–water partition coefficient (Wildman–Crippen LogP) is 3.62. The van der Waals surface area contributed by atoms with E-state index in [2.05, 4.69) is 47.6 Å². The average molecular weight is 405 g/mol. The normalized spacial score (nSPS) is 23.9. The minimum Gasteiger partial charge on any atom is -0.312 e. The Morgan fingerprint density at radius 1 is 1.13 bits per heavy atom. The van der Waals surface area contributed by atoms with E-state index in [1.807, 2.05) is 11.1 Å². The van der Waals surface area contributed by atoms with Crippen molar-refractivity contribution in [1.29, 1.82) is 0 Å². The van der Waals surface area contributed by atoms with Crippen molar-refractivity contribution < 1.29 is 4.79 Å². The summed E-state index contributed by atoms with van der Waals surface area (Å²) in [6.45, 7) is 2.73. The summed E-state index contributed by atoms with van der Waals surface area (Å²) in [6.07, 6.45) is 9.28. The van der Waals surface area contributed by atoms with E-state index < -0.39 is 0 Å². The number of piperidine rings is 1. The van der Waals surface area contributed by atoms with E-state index in [4.69, 9.17) is 4.98 Å². The number of carbonyl (C=O) groups is 1. The van der Waals surface area contributed by atoms with E-state index in [0.29, 0.717) is 18.5 Å². The molecule has 1 amide bonds. The van der Waals surface area contributed by atoms with Crippen molar-refractivity contribution in [3.63, 3.8) is 0 Å². The van der Waals surface area contributed by atoms with Crippen LogP contribution in [0.3, 0.4) is 0 Å². The fourth-order valence-corrected chi connectivity index (χ4v) is 5.53. The number of benzene rings is 1. The highest BCUT2D eigenvalue weighted by Gasteiger charge is 2.30. The molecular formula is C25H32N4O. The first-order valence-corrected chi connectivity index (χ1v) is 11.5. The van der Waals surface area contributed by atoms with Gasteiger partial charge in [0.05, 0.1) is 11.7 Å². The second-order valence-corrected chi connectivity index (χ2v) is 9.09.